The number of aromatic hydroxyl groups is 1. The van der Waals surface area contributed by atoms with Crippen LogP contribution in [-0.4, -0.2) is 69.8 Å². The quantitative estimate of drug-likeness (QED) is 0.150. The molecule has 2 aromatic carbocycles. The number of fused-ring (bicyclic) bond motifs is 3. The predicted molar refractivity (Wildman–Crippen MR) is 154 cm³/mol. The van der Waals surface area contributed by atoms with E-state index in [0.717, 1.165) is 0 Å². The molecule has 6 N–H and O–H groups in total. The number of ketones is 2. The number of hydrogen-bond acceptors (Lipinski definition) is 10. The number of carbonyl (C=O) groups excluding carboxylic acids is 4. The molecule has 12 nitrogen and oxygen atoms in total. The highest BCUT2D eigenvalue weighted by Crippen LogP contribution is 2.51. The molecule has 0 spiro atoms. The smallest absolute Gasteiger partial charge is 0.254 e. The summed E-state index contributed by atoms with van der Waals surface area (Å²) in [6, 6.07) is 9.78. The lowest BCUT2D eigenvalue weighted by molar-refractivity contribution is -0.157. The molecule has 3 atom stereocenters. The summed E-state index contributed by atoms with van der Waals surface area (Å²) < 4.78 is 0. The summed E-state index contributed by atoms with van der Waals surface area (Å²) in [6.07, 6.45) is -0.195. The van der Waals surface area contributed by atoms with Crippen LogP contribution in [0.25, 0.3) is 5.76 Å². The number of nitroso groups, excluding NO2 is 1. The molecule has 5 rings (SSSR count). The average Bonchev–Trinajstić information content (AvgIpc) is 2.94. The van der Waals surface area contributed by atoms with Gasteiger partial charge in [0.25, 0.3) is 5.91 Å². The summed E-state index contributed by atoms with van der Waals surface area (Å²) in [5.41, 5.74) is 3.16. The Kier molecular flexibility index (Phi) is 7.47. The maximum absolute atomic E-state index is 13.7. The van der Waals surface area contributed by atoms with Gasteiger partial charge in [0.1, 0.15) is 22.8 Å². The molecule has 1 saturated carbocycles. The van der Waals surface area contributed by atoms with Crippen LogP contribution in [0.15, 0.2) is 58.4 Å². The molecule has 43 heavy (non-hydrogen) atoms. The van der Waals surface area contributed by atoms with Crippen molar-refractivity contribution < 1.29 is 34.5 Å². The number of Topliss-reactive ketones (excluding diaryl/α,β-unsaturated/α-hetero) is 2. The third-order valence-electron chi connectivity index (χ3n) is 8.02. The second-order valence-electron chi connectivity index (χ2n) is 11.1. The van der Waals surface area contributed by atoms with Gasteiger partial charge in [-0.2, -0.15) is 0 Å². The Hall–Kier alpha value is -5.12. The van der Waals surface area contributed by atoms with Gasteiger partial charge in [-0.25, -0.2) is 0 Å². The van der Waals surface area contributed by atoms with Crippen molar-refractivity contribution in [1.82, 2.24) is 4.90 Å². The molecule has 2 aromatic rings. The van der Waals surface area contributed by atoms with Crippen LogP contribution in [0.5, 0.6) is 5.75 Å². The fourth-order valence-electron chi connectivity index (χ4n) is 6.08. The molecule has 2 amide bonds. The van der Waals surface area contributed by atoms with Crippen molar-refractivity contribution in [2.75, 3.05) is 26.0 Å². The Labute approximate surface area is 245 Å². The summed E-state index contributed by atoms with van der Waals surface area (Å²) >= 11 is 0. The van der Waals surface area contributed by atoms with Crippen LogP contribution in [0.3, 0.4) is 0 Å². The standard InChI is InChI=1S/C31H28N4O8/c1-35(2)14-23(37)33-19-8-4-15(5-9-19)3-6-16-7-10-22(36)25-20(16)12-17-11-18-13-21(34-43)26(30(32)41)29(40)31(18,42)28(39)24(17)27(25)38/h4-5,7-10,17-18,36,38,42H,11-14H2,1-2H3,(H2,32,41)(H,33,37)/t17-,18+,31+/m1/s1. The van der Waals surface area contributed by atoms with Crippen LogP contribution in [0.4, 0.5) is 5.69 Å². The first-order chi connectivity index (χ1) is 20.4. The summed E-state index contributed by atoms with van der Waals surface area (Å²) in [5, 5.41) is 38.8. The van der Waals surface area contributed by atoms with E-state index in [1.54, 1.807) is 49.3 Å². The molecule has 0 bridgehead atoms. The lowest BCUT2D eigenvalue weighted by atomic mass is 9.58. The number of rotatable bonds is 5. The molecular formula is C31H28N4O8. The van der Waals surface area contributed by atoms with Gasteiger partial charge in [-0.15, -0.1) is 4.91 Å². The first-order valence-electron chi connectivity index (χ1n) is 13.4. The molecule has 3 aliphatic rings. The number of benzene rings is 2. The van der Waals surface area contributed by atoms with Gasteiger partial charge in [0.15, 0.2) is 5.60 Å². The number of aliphatic hydroxyl groups is 2. The second-order valence-corrected chi connectivity index (χ2v) is 11.1. The minimum atomic E-state index is -2.72. The third-order valence-corrected chi connectivity index (χ3v) is 8.02. The molecule has 1 fully saturated rings. The van der Waals surface area contributed by atoms with Crippen LogP contribution in [0.2, 0.25) is 0 Å². The van der Waals surface area contributed by atoms with Gasteiger partial charge in [-0.1, -0.05) is 11.8 Å². The van der Waals surface area contributed by atoms with E-state index in [2.05, 4.69) is 22.3 Å². The number of anilines is 1. The fraction of sp³-hybridized carbons (Fsp3) is 0.290. The maximum Gasteiger partial charge on any atom is 0.254 e. The van der Waals surface area contributed by atoms with Gasteiger partial charge in [0, 0.05) is 34.7 Å². The zero-order valence-corrected chi connectivity index (χ0v) is 23.3. The van der Waals surface area contributed by atoms with Crippen LogP contribution >= 0.6 is 0 Å². The maximum atomic E-state index is 13.7. The molecule has 220 valence electrons. The number of amides is 2. The highest BCUT2D eigenvalue weighted by molar-refractivity contribution is 6.32. The monoisotopic (exact) mass is 584 g/mol. The second kappa shape index (κ2) is 10.9. The number of allylic oxidation sites excluding steroid dienone is 1. The number of phenolic OH excluding ortho intramolecular Hbond substituents is 1. The Bertz CT molecular complexity index is 1730. The summed E-state index contributed by atoms with van der Waals surface area (Å²) in [7, 11) is 3.58. The van der Waals surface area contributed by atoms with E-state index < -0.39 is 51.9 Å². The molecule has 0 unspecified atom stereocenters. The van der Waals surface area contributed by atoms with E-state index in [4.69, 9.17) is 5.73 Å². The minimum absolute atomic E-state index is 0.00139. The van der Waals surface area contributed by atoms with E-state index >= 15 is 0 Å². The van der Waals surface area contributed by atoms with E-state index in [9.17, 15) is 39.4 Å². The molecule has 0 aliphatic heterocycles. The van der Waals surface area contributed by atoms with Gasteiger partial charge in [-0.05, 0) is 80.0 Å². The van der Waals surface area contributed by atoms with E-state index in [-0.39, 0.29) is 48.6 Å². The van der Waals surface area contributed by atoms with Crippen molar-refractivity contribution in [3.8, 4) is 17.6 Å². The normalized spacial score (nSPS) is 22.7. The van der Waals surface area contributed by atoms with Crippen molar-refractivity contribution in [3.63, 3.8) is 0 Å². The van der Waals surface area contributed by atoms with E-state index in [0.29, 0.717) is 22.4 Å². The highest BCUT2D eigenvalue weighted by Gasteiger charge is 2.61. The zero-order valence-electron chi connectivity index (χ0n) is 23.3. The topological polar surface area (TPSA) is 200 Å². The number of primary amides is 1. The van der Waals surface area contributed by atoms with Gasteiger partial charge >= 0.3 is 0 Å². The number of carbonyl (C=O) groups is 4. The number of nitrogens with two attached hydrogens (primary N) is 1. The van der Waals surface area contributed by atoms with E-state index in [1.165, 1.54) is 6.07 Å². The van der Waals surface area contributed by atoms with E-state index in [1.807, 2.05) is 0 Å². The third kappa shape index (κ3) is 4.98. The Balaban J connectivity index is 1.49. The van der Waals surface area contributed by atoms with Gasteiger partial charge in [0.2, 0.25) is 17.5 Å². The first-order valence-corrected chi connectivity index (χ1v) is 13.4. The predicted octanol–water partition coefficient (Wildman–Crippen LogP) is 1.53. The Morgan fingerprint density at radius 2 is 1.77 bits per heavy atom. The lowest BCUT2D eigenvalue weighted by Gasteiger charge is -2.45. The van der Waals surface area contributed by atoms with Gasteiger partial charge in [0.05, 0.1) is 12.1 Å². The van der Waals surface area contributed by atoms with Crippen molar-refractivity contribution in [3.05, 3.63) is 80.4 Å². The molecule has 12 heteroatoms. The lowest BCUT2D eigenvalue weighted by Crippen LogP contribution is -2.61. The zero-order chi connectivity index (χ0) is 31.2. The summed E-state index contributed by atoms with van der Waals surface area (Å²) in [4.78, 5) is 63.9. The Morgan fingerprint density at radius 1 is 1.07 bits per heavy atom. The van der Waals surface area contributed by atoms with Crippen LogP contribution in [0, 0.1) is 28.6 Å². The van der Waals surface area contributed by atoms with Gasteiger partial charge < -0.3 is 31.3 Å². The number of hydrogen-bond donors (Lipinski definition) is 5. The van der Waals surface area contributed by atoms with Crippen LogP contribution in [-0.2, 0) is 25.6 Å². The fourth-order valence-corrected chi connectivity index (χ4v) is 6.08. The number of likely N-dealkylation sites (N-methyl/N-ethyl adjacent to an activating group) is 1. The first kappa shape index (κ1) is 29.4. The van der Waals surface area contributed by atoms with Crippen molar-refractivity contribution >= 4 is 34.8 Å². The van der Waals surface area contributed by atoms with Crippen LogP contribution < -0.4 is 11.1 Å². The number of nitrogens with zero attached hydrogens (tertiary/aromatic N) is 2. The van der Waals surface area contributed by atoms with Crippen LogP contribution in [0.1, 0.15) is 35.1 Å². The SMILES string of the molecule is CN(C)CC(=O)Nc1ccc(C#Cc2ccc(O)c3c2C[C@H]2C[C@H]4CC(N=O)=C(C(N)=O)C(=O)[C@@]4(O)C(=O)C2=C3O)cc1. The molecule has 0 heterocycles. The number of phenols is 1. The highest BCUT2D eigenvalue weighted by atomic mass is 16.3. The summed E-state index contributed by atoms with van der Waals surface area (Å²) in [5.74, 6) is -0.525. The van der Waals surface area contributed by atoms with Crippen molar-refractivity contribution in [2.24, 2.45) is 22.7 Å². The molecule has 0 saturated heterocycles. The molecule has 3 aliphatic carbocycles. The van der Waals surface area contributed by atoms with Gasteiger partial charge in [-0.3, -0.25) is 19.2 Å². The summed E-state index contributed by atoms with van der Waals surface area (Å²) in [6.45, 7) is 0.236. The minimum Gasteiger partial charge on any atom is -0.507 e. The average molecular weight is 585 g/mol. The number of aliphatic hydroxyl groups excluding tert-OH is 1. The van der Waals surface area contributed by atoms with Crippen molar-refractivity contribution in [1.29, 1.82) is 0 Å². The Morgan fingerprint density at radius 3 is 2.40 bits per heavy atom. The number of nitrogens with one attached hydrogen (secondary N) is 1. The van der Waals surface area contributed by atoms with Crippen molar-refractivity contribution in [2.45, 2.75) is 24.9 Å². The largest absolute Gasteiger partial charge is 0.507 e. The molecular weight excluding hydrogens is 556 g/mol. The molecule has 0 radical (unpaired) electrons. The molecule has 0 aromatic heterocycles.